The molecule has 30 heavy (non-hydrogen) atoms. The minimum absolute atomic E-state index is 0.00666. The van der Waals surface area contributed by atoms with Crippen molar-refractivity contribution in [1.82, 2.24) is 25.1 Å². The van der Waals surface area contributed by atoms with Crippen molar-refractivity contribution in [2.24, 2.45) is 0 Å². The van der Waals surface area contributed by atoms with Crippen LogP contribution < -0.4 is 5.32 Å². The van der Waals surface area contributed by atoms with Gasteiger partial charge < -0.3 is 10.2 Å². The fourth-order valence-corrected chi connectivity index (χ4v) is 4.86. The summed E-state index contributed by atoms with van der Waals surface area (Å²) in [6.45, 7) is 2.74. The number of amides is 2. The second-order valence-corrected chi connectivity index (χ2v) is 7.82. The highest BCUT2D eigenvalue weighted by Gasteiger charge is 2.59. The van der Waals surface area contributed by atoms with E-state index in [9.17, 15) is 9.59 Å². The topological polar surface area (TPSA) is 93.0 Å². The van der Waals surface area contributed by atoms with Gasteiger partial charge in [0.15, 0.2) is 0 Å². The number of tetrazole rings is 1. The van der Waals surface area contributed by atoms with Crippen molar-refractivity contribution in [3.05, 3.63) is 71.5 Å². The molecule has 2 aliphatic rings. The molecule has 3 heterocycles. The molecule has 1 fully saturated rings. The highest BCUT2D eigenvalue weighted by Crippen LogP contribution is 2.54. The van der Waals surface area contributed by atoms with Crippen molar-refractivity contribution in [3.8, 4) is 0 Å². The Bertz CT molecular complexity index is 1110. The number of para-hydroxylation sites is 1. The number of benzene rings is 2. The number of hydrogen-bond donors (Lipinski definition) is 1. The molecule has 5 rings (SSSR count). The molecule has 1 aromatic heterocycles. The van der Waals surface area contributed by atoms with Gasteiger partial charge in [-0.15, -0.1) is 5.10 Å². The van der Waals surface area contributed by atoms with E-state index in [1.807, 2.05) is 66.4 Å². The lowest BCUT2D eigenvalue weighted by Crippen LogP contribution is -2.42. The second kappa shape index (κ2) is 7.05. The van der Waals surface area contributed by atoms with Gasteiger partial charge in [0.2, 0.25) is 11.8 Å². The Morgan fingerprint density at radius 1 is 1.17 bits per heavy atom. The van der Waals surface area contributed by atoms with Gasteiger partial charge in [0.05, 0.1) is 12.6 Å². The molecule has 0 bridgehead atoms. The number of nitrogens with one attached hydrogen (secondary N) is 1. The first-order valence-corrected chi connectivity index (χ1v) is 10.1. The van der Waals surface area contributed by atoms with Crippen LogP contribution in [0.4, 0.5) is 5.69 Å². The standard InChI is InChI=1S/C22H22N6O2/c1-15-24-25-26-28(15)13-11-19(29)27-14-12-22(20(27)16-7-3-2-4-8-16)17-9-5-6-10-18(17)23-21(22)30/h2-10,20H,11-14H2,1H3,(H,23,30). The van der Waals surface area contributed by atoms with Crippen LogP contribution in [0.1, 0.15) is 35.8 Å². The van der Waals surface area contributed by atoms with Crippen LogP contribution in [0.25, 0.3) is 0 Å². The van der Waals surface area contributed by atoms with Crippen LogP contribution in [0, 0.1) is 6.92 Å². The van der Waals surface area contributed by atoms with Gasteiger partial charge in [-0.1, -0.05) is 48.5 Å². The van der Waals surface area contributed by atoms with Crippen molar-refractivity contribution in [2.45, 2.75) is 37.8 Å². The zero-order valence-electron chi connectivity index (χ0n) is 16.7. The lowest BCUT2D eigenvalue weighted by Gasteiger charge is -2.34. The molecule has 0 saturated carbocycles. The van der Waals surface area contributed by atoms with Crippen molar-refractivity contribution in [1.29, 1.82) is 0 Å². The Balaban J connectivity index is 1.52. The summed E-state index contributed by atoms with van der Waals surface area (Å²) in [5.41, 5.74) is 1.99. The summed E-state index contributed by atoms with van der Waals surface area (Å²) in [4.78, 5) is 28.5. The number of rotatable bonds is 4. The van der Waals surface area contributed by atoms with Gasteiger partial charge in [-0.05, 0) is 41.0 Å². The number of hydrogen-bond acceptors (Lipinski definition) is 5. The third-order valence-electron chi connectivity index (χ3n) is 6.27. The maximum absolute atomic E-state index is 13.3. The molecule has 8 nitrogen and oxygen atoms in total. The Morgan fingerprint density at radius 3 is 2.70 bits per heavy atom. The quantitative estimate of drug-likeness (QED) is 0.722. The summed E-state index contributed by atoms with van der Waals surface area (Å²) in [5, 5.41) is 14.5. The Morgan fingerprint density at radius 2 is 1.93 bits per heavy atom. The van der Waals surface area contributed by atoms with E-state index in [4.69, 9.17) is 0 Å². The van der Waals surface area contributed by atoms with Gasteiger partial charge in [0.25, 0.3) is 0 Å². The average Bonchev–Trinajstić information content (AvgIpc) is 3.44. The van der Waals surface area contributed by atoms with Gasteiger partial charge in [0.1, 0.15) is 11.2 Å². The molecule has 2 unspecified atom stereocenters. The average molecular weight is 402 g/mol. The monoisotopic (exact) mass is 402 g/mol. The van der Waals surface area contributed by atoms with E-state index in [0.29, 0.717) is 25.3 Å². The lowest BCUT2D eigenvalue weighted by molar-refractivity contribution is -0.133. The highest BCUT2D eigenvalue weighted by molar-refractivity contribution is 6.07. The molecule has 2 atom stereocenters. The molecular weight excluding hydrogens is 380 g/mol. The van der Waals surface area contributed by atoms with Crippen molar-refractivity contribution in [2.75, 3.05) is 11.9 Å². The Labute approximate surface area is 173 Å². The van der Waals surface area contributed by atoms with Gasteiger partial charge in [-0.25, -0.2) is 4.68 Å². The van der Waals surface area contributed by atoms with E-state index >= 15 is 0 Å². The molecule has 0 radical (unpaired) electrons. The largest absolute Gasteiger partial charge is 0.334 e. The van der Waals surface area contributed by atoms with E-state index in [2.05, 4.69) is 20.8 Å². The number of nitrogens with zero attached hydrogens (tertiary/aromatic N) is 5. The SMILES string of the molecule is Cc1nnnn1CCC(=O)N1CCC2(C(=O)Nc3ccccc32)C1c1ccccc1. The predicted molar refractivity (Wildman–Crippen MR) is 109 cm³/mol. The van der Waals surface area contributed by atoms with Crippen LogP contribution in [0.3, 0.4) is 0 Å². The number of likely N-dealkylation sites (tertiary alicyclic amines) is 1. The maximum Gasteiger partial charge on any atom is 0.237 e. The van der Waals surface area contributed by atoms with E-state index in [0.717, 1.165) is 16.8 Å². The Kier molecular flexibility index (Phi) is 4.34. The van der Waals surface area contributed by atoms with Crippen LogP contribution >= 0.6 is 0 Å². The van der Waals surface area contributed by atoms with Gasteiger partial charge >= 0.3 is 0 Å². The van der Waals surface area contributed by atoms with Crippen LogP contribution in [-0.4, -0.2) is 43.5 Å². The normalized spacial score (nSPS) is 22.4. The van der Waals surface area contributed by atoms with Gasteiger partial charge in [0, 0.05) is 18.7 Å². The number of carbonyl (C=O) groups is 2. The summed E-state index contributed by atoms with van der Waals surface area (Å²) in [6, 6.07) is 17.3. The summed E-state index contributed by atoms with van der Waals surface area (Å²) < 4.78 is 1.62. The fourth-order valence-electron chi connectivity index (χ4n) is 4.86. The molecule has 1 saturated heterocycles. The molecule has 1 N–H and O–H groups in total. The number of aromatic nitrogens is 4. The zero-order valence-corrected chi connectivity index (χ0v) is 16.7. The number of aryl methyl sites for hydroxylation is 2. The molecule has 2 aromatic carbocycles. The zero-order chi connectivity index (χ0) is 20.7. The molecule has 8 heteroatoms. The van der Waals surface area contributed by atoms with Crippen LogP contribution in [0.2, 0.25) is 0 Å². The molecular formula is C22H22N6O2. The fraction of sp³-hybridized carbons (Fsp3) is 0.318. The third-order valence-corrected chi connectivity index (χ3v) is 6.27. The van der Waals surface area contributed by atoms with Crippen LogP contribution in [0.15, 0.2) is 54.6 Å². The first kappa shape index (κ1) is 18.5. The summed E-state index contributed by atoms with van der Waals surface area (Å²) in [5.74, 6) is 0.626. The van der Waals surface area contributed by atoms with Crippen molar-refractivity contribution in [3.63, 3.8) is 0 Å². The number of anilines is 1. The number of carbonyl (C=O) groups excluding carboxylic acids is 2. The predicted octanol–water partition coefficient (Wildman–Crippen LogP) is 2.24. The van der Waals surface area contributed by atoms with Crippen LogP contribution in [0.5, 0.6) is 0 Å². The molecule has 2 aliphatic heterocycles. The van der Waals surface area contributed by atoms with Crippen LogP contribution in [-0.2, 0) is 21.5 Å². The molecule has 152 valence electrons. The molecule has 0 aliphatic carbocycles. The molecule has 2 amide bonds. The van der Waals surface area contributed by atoms with Crippen molar-refractivity contribution >= 4 is 17.5 Å². The first-order chi connectivity index (χ1) is 14.6. The van der Waals surface area contributed by atoms with Crippen molar-refractivity contribution < 1.29 is 9.59 Å². The van der Waals surface area contributed by atoms with E-state index in [-0.39, 0.29) is 24.3 Å². The molecule has 1 spiro atoms. The minimum atomic E-state index is -0.779. The number of fused-ring (bicyclic) bond motifs is 2. The maximum atomic E-state index is 13.3. The van der Waals surface area contributed by atoms with E-state index in [1.165, 1.54) is 0 Å². The molecule has 3 aromatic rings. The summed E-state index contributed by atoms with van der Waals surface area (Å²) in [7, 11) is 0. The smallest absolute Gasteiger partial charge is 0.237 e. The highest BCUT2D eigenvalue weighted by atomic mass is 16.2. The van der Waals surface area contributed by atoms with E-state index in [1.54, 1.807) is 4.68 Å². The van der Waals surface area contributed by atoms with Gasteiger partial charge in [-0.2, -0.15) is 0 Å². The summed E-state index contributed by atoms with van der Waals surface area (Å²) in [6.07, 6.45) is 0.861. The first-order valence-electron chi connectivity index (χ1n) is 10.1. The van der Waals surface area contributed by atoms with Gasteiger partial charge in [-0.3, -0.25) is 9.59 Å². The van der Waals surface area contributed by atoms with E-state index < -0.39 is 5.41 Å². The second-order valence-electron chi connectivity index (χ2n) is 7.82. The third kappa shape index (κ3) is 2.71. The lowest BCUT2D eigenvalue weighted by atomic mass is 9.72. The summed E-state index contributed by atoms with van der Waals surface area (Å²) >= 11 is 0. The minimum Gasteiger partial charge on any atom is -0.334 e. The Hall–Kier alpha value is -3.55.